The zero-order valence-electron chi connectivity index (χ0n) is 13.9. The fraction of sp³-hybridized carbons (Fsp3) is 0.375. The van der Waals surface area contributed by atoms with E-state index in [0.717, 1.165) is 17.7 Å². The normalized spacial score (nSPS) is 10.3. The van der Waals surface area contributed by atoms with E-state index in [1.54, 1.807) is 49.3 Å². The Bertz CT molecular complexity index is 684. The van der Waals surface area contributed by atoms with Crippen molar-refractivity contribution in [1.29, 1.82) is 0 Å². The first-order valence-electron chi connectivity index (χ1n) is 7.62. The summed E-state index contributed by atoms with van der Waals surface area (Å²) in [6, 6.07) is 8.52. The lowest BCUT2D eigenvalue weighted by Gasteiger charge is -2.20. The quantitative estimate of drug-likeness (QED) is 0.751. The molecule has 0 atom stereocenters. The lowest BCUT2D eigenvalue weighted by Crippen LogP contribution is -2.38. The molecular formula is C16H20N4O4. The number of anilines is 2. The number of imide groups is 1. The van der Waals surface area contributed by atoms with Gasteiger partial charge in [-0.1, -0.05) is 31.5 Å². The fourth-order valence-corrected chi connectivity index (χ4v) is 1.97. The number of hydrogen-bond acceptors (Lipinski definition) is 7. The number of amides is 2. The highest BCUT2D eigenvalue weighted by Gasteiger charge is 2.31. The van der Waals surface area contributed by atoms with E-state index >= 15 is 0 Å². The predicted molar refractivity (Wildman–Crippen MR) is 88.1 cm³/mol. The van der Waals surface area contributed by atoms with Gasteiger partial charge in [0.05, 0.1) is 12.3 Å². The summed E-state index contributed by atoms with van der Waals surface area (Å²) in [5.41, 5.74) is 0.327. The maximum Gasteiger partial charge on any atom is 0.421 e. The highest BCUT2D eigenvalue weighted by Crippen LogP contribution is 2.21. The van der Waals surface area contributed by atoms with Gasteiger partial charge in [0.25, 0.3) is 5.91 Å². The first-order valence-corrected chi connectivity index (χ1v) is 7.62. The summed E-state index contributed by atoms with van der Waals surface area (Å²) in [4.78, 5) is 27.8. The van der Waals surface area contributed by atoms with Crippen molar-refractivity contribution in [3.05, 3.63) is 36.0 Å². The van der Waals surface area contributed by atoms with Crippen LogP contribution in [0.15, 0.2) is 35.0 Å². The van der Waals surface area contributed by atoms with Gasteiger partial charge in [0.2, 0.25) is 11.5 Å². The number of carbonyl (C=O) groups excluding carboxylic acids is 2. The number of para-hydroxylation sites is 1. The Labute approximate surface area is 140 Å². The first kappa shape index (κ1) is 17.5. The molecule has 0 saturated heterocycles. The van der Waals surface area contributed by atoms with Crippen LogP contribution < -0.4 is 9.80 Å². The summed E-state index contributed by atoms with van der Waals surface area (Å²) in [5, 5.41) is 7.32. The second kappa shape index (κ2) is 8.09. The zero-order valence-corrected chi connectivity index (χ0v) is 13.9. The number of aromatic nitrogens is 2. The van der Waals surface area contributed by atoms with Crippen molar-refractivity contribution in [3.8, 4) is 0 Å². The van der Waals surface area contributed by atoms with E-state index in [0.29, 0.717) is 5.69 Å². The van der Waals surface area contributed by atoms with E-state index in [1.807, 2.05) is 6.92 Å². The fourth-order valence-electron chi connectivity index (χ4n) is 1.97. The minimum Gasteiger partial charge on any atom is -0.449 e. The maximum atomic E-state index is 12.8. The van der Waals surface area contributed by atoms with E-state index in [-0.39, 0.29) is 18.1 Å². The Kier molecular flexibility index (Phi) is 5.89. The zero-order chi connectivity index (χ0) is 17.5. The lowest BCUT2D eigenvalue weighted by atomic mass is 10.2. The van der Waals surface area contributed by atoms with Gasteiger partial charge in [-0.05, 0) is 28.9 Å². The molecule has 1 aromatic heterocycles. The standard InChI is InChI=1S/C16H20N4O4/c1-4-5-11-23-16(22)20(12-9-7-6-8-10-12)15(21)13-14(19(2)3)18-24-17-13/h6-10H,4-5,11H2,1-3H3. The number of nitrogens with zero attached hydrogens (tertiary/aromatic N) is 4. The van der Waals surface area contributed by atoms with E-state index < -0.39 is 12.0 Å². The molecule has 0 aliphatic rings. The molecule has 0 fully saturated rings. The number of hydrogen-bond donors (Lipinski definition) is 0. The second-order valence-corrected chi connectivity index (χ2v) is 5.27. The Morgan fingerprint density at radius 3 is 2.50 bits per heavy atom. The third kappa shape index (κ3) is 3.89. The molecular weight excluding hydrogens is 312 g/mol. The molecule has 1 heterocycles. The summed E-state index contributed by atoms with van der Waals surface area (Å²) >= 11 is 0. The number of ether oxygens (including phenoxy) is 1. The lowest BCUT2D eigenvalue weighted by molar-refractivity contribution is 0.0955. The monoisotopic (exact) mass is 332 g/mol. The van der Waals surface area contributed by atoms with Crippen LogP contribution >= 0.6 is 0 Å². The predicted octanol–water partition coefficient (Wildman–Crippen LogP) is 2.72. The molecule has 2 amide bonds. The average Bonchev–Trinajstić information content (AvgIpc) is 3.06. The van der Waals surface area contributed by atoms with Crippen LogP contribution in [-0.4, -0.2) is 43.0 Å². The Morgan fingerprint density at radius 2 is 1.88 bits per heavy atom. The molecule has 0 N–H and O–H groups in total. The molecule has 0 aliphatic heterocycles. The number of benzene rings is 1. The van der Waals surface area contributed by atoms with E-state index in [2.05, 4.69) is 14.9 Å². The Hall–Kier alpha value is -2.90. The maximum absolute atomic E-state index is 12.8. The molecule has 0 aliphatic carbocycles. The van der Waals surface area contributed by atoms with Gasteiger partial charge in [-0.3, -0.25) is 4.79 Å². The van der Waals surface area contributed by atoms with Crippen LogP contribution in [-0.2, 0) is 4.74 Å². The average molecular weight is 332 g/mol. The van der Waals surface area contributed by atoms with Gasteiger partial charge >= 0.3 is 6.09 Å². The highest BCUT2D eigenvalue weighted by atomic mass is 16.6. The summed E-state index contributed by atoms with van der Waals surface area (Å²) in [5.74, 6) is -0.421. The molecule has 0 radical (unpaired) electrons. The van der Waals surface area contributed by atoms with Crippen LogP contribution in [0.3, 0.4) is 0 Å². The third-order valence-corrected chi connectivity index (χ3v) is 3.22. The van der Waals surface area contributed by atoms with Gasteiger partial charge in [-0.25, -0.2) is 14.3 Å². The summed E-state index contributed by atoms with van der Waals surface area (Å²) in [6.45, 7) is 2.22. The van der Waals surface area contributed by atoms with Crippen molar-refractivity contribution in [3.63, 3.8) is 0 Å². The van der Waals surface area contributed by atoms with Gasteiger partial charge in [0.1, 0.15) is 0 Å². The van der Waals surface area contributed by atoms with Crippen LogP contribution in [0.2, 0.25) is 0 Å². The molecule has 8 heteroatoms. The largest absolute Gasteiger partial charge is 0.449 e. The molecule has 8 nitrogen and oxygen atoms in total. The minimum absolute atomic E-state index is 0.0590. The van der Waals surface area contributed by atoms with E-state index in [1.165, 1.54) is 0 Å². The van der Waals surface area contributed by atoms with Crippen molar-refractivity contribution in [2.24, 2.45) is 0 Å². The molecule has 2 rings (SSSR count). The summed E-state index contributed by atoms with van der Waals surface area (Å²) in [6.07, 6.45) is 0.842. The molecule has 1 aromatic carbocycles. The van der Waals surface area contributed by atoms with Crippen LogP contribution in [0.4, 0.5) is 16.3 Å². The van der Waals surface area contributed by atoms with E-state index in [4.69, 9.17) is 4.74 Å². The first-order chi connectivity index (χ1) is 11.6. The van der Waals surface area contributed by atoms with Crippen LogP contribution in [0.5, 0.6) is 0 Å². The van der Waals surface area contributed by atoms with Gasteiger partial charge < -0.3 is 9.64 Å². The van der Waals surface area contributed by atoms with Crippen LogP contribution in [0.25, 0.3) is 0 Å². The SMILES string of the molecule is CCCCOC(=O)N(C(=O)c1nonc1N(C)C)c1ccccc1. The van der Waals surface area contributed by atoms with Crippen molar-refractivity contribution in [2.45, 2.75) is 19.8 Å². The Balaban J connectivity index is 2.33. The molecule has 0 spiro atoms. The van der Waals surface area contributed by atoms with Crippen molar-refractivity contribution >= 4 is 23.5 Å². The number of rotatable bonds is 6. The Morgan fingerprint density at radius 1 is 1.17 bits per heavy atom. The summed E-state index contributed by atoms with van der Waals surface area (Å²) < 4.78 is 9.84. The van der Waals surface area contributed by atoms with Crippen LogP contribution in [0.1, 0.15) is 30.3 Å². The van der Waals surface area contributed by atoms with Gasteiger partial charge in [0.15, 0.2) is 0 Å². The van der Waals surface area contributed by atoms with Gasteiger partial charge in [-0.2, -0.15) is 0 Å². The smallest absolute Gasteiger partial charge is 0.421 e. The van der Waals surface area contributed by atoms with Crippen LogP contribution in [0, 0.1) is 0 Å². The van der Waals surface area contributed by atoms with Crippen molar-refractivity contribution in [1.82, 2.24) is 10.3 Å². The van der Waals surface area contributed by atoms with Crippen molar-refractivity contribution in [2.75, 3.05) is 30.5 Å². The number of carbonyl (C=O) groups is 2. The van der Waals surface area contributed by atoms with Gasteiger partial charge in [-0.15, -0.1) is 0 Å². The topological polar surface area (TPSA) is 88.8 Å². The molecule has 0 saturated carbocycles. The van der Waals surface area contributed by atoms with Gasteiger partial charge in [0, 0.05) is 14.1 Å². The molecule has 0 bridgehead atoms. The molecule has 24 heavy (non-hydrogen) atoms. The molecule has 128 valence electrons. The summed E-state index contributed by atoms with van der Waals surface area (Å²) in [7, 11) is 3.39. The molecule has 2 aromatic rings. The van der Waals surface area contributed by atoms with Crippen molar-refractivity contribution < 1.29 is 19.0 Å². The van der Waals surface area contributed by atoms with E-state index in [9.17, 15) is 9.59 Å². The molecule has 0 unspecified atom stereocenters. The highest BCUT2D eigenvalue weighted by molar-refractivity contribution is 6.19. The minimum atomic E-state index is -0.757. The second-order valence-electron chi connectivity index (χ2n) is 5.27. The third-order valence-electron chi connectivity index (χ3n) is 3.22. The number of unbranched alkanes of at least 4 members (excludes halogenated alkanes) is 1.